The van der Waals surface area contributed by atoms with Crippen LogP contribution in [-0.2, 0) is 46.7 Å². The van der Waals surface area contributed by atoms with E-state index in [4.69, 9.17) is 10.5 Å². The van der Waals surface area contributed by atoms with Crippen LogP contribution >= 0.6 is 0 Å². The average molecular weight is 648 g/mol. The van der Waals surface area contributed by atoms with E-state index in [-0.39, 0.29) is 43.9 Å². The number of aryl methyl sites for hydroxylation is 1. The third-order valence-electron chi connectivity index (χ3n) is 8.05. The molecule has 4 atom stereocenters. The van der Waals surface area contributed by atoms with Gasteiger partial charge in [0.05, 0.1) is 31.6 Å². The van der Waals surface area contributed by atoms with Crippen LogP contribution in [0, 0.1) is 5.92 Å². The van der Waals surface area contributed by atoms with Gasteiger partial charge in [-0.3, -0.25) is 28.8 Å². The van der Waals surface area contributed by atoms with Gasteiger partial charge in [0.25, 0.3) is 0 Å². The summed E-state index contributed by atoms with van der Waals surface area (Å²) in [5.74, 6) is -3.04. The molecule has 6 amide bonds. The number of carbonyl (C=O) groups is 6. The summed E-state index contributed by atoms with van der Waals surface area (Å²) in [7, 11) is 0. The quantitative estimate of drug-likeness (QED) is 0.240. The number of hydrogen-bond donors (Lipinski definition) is 5. The van der Waals surface area contributed by atoms with Gasteiger partial charge in [0.2, 0.25) is 35.4 Å². The Labute approximate surface area is 269 Å². The van der Waals surface area contributed by atoms with Crippen LogP contribution in [0.5, 0.6) is 0 Å². The second-order valence-corrected chi connectivity index (χ2v) is 12.3. The lowest BCUT2D eigenvalue weighted by atomic mass is 10.0. The topological polar surface area (TPSA) is 220 Å². The number of carbonyl (C=O) groups excluding carboxylic acids is 6. The number of hydrogen-bond acceptors (Lipinski definition) is 9. The van der Waals surface area contributed by atoms with Crippen LogP contribution < -0.4 is 27.0 Å². The molecule has 46 heavy (non-hydrogen) atoms. The molecular formula is C30H49N9O7. The van der Waals surface area contributed by atoms with Gasteiger partial charge in [0.1, 0.15) is 24.2 Å². The Bertz CT molecular complexity index is 1220. The van der Waals surface area contributed by atoms with Crippen molar-refractivity contribution in [2.24, 2.45) is 11.7 Å². The lowest BCUT2D eigenvalue weighted by Gasteiger charge is -2.28. The zero-order valence-corrected chi connectivity index (χ0v) is 27.1. The number of ether oxygens (including phenoxy) is 1. The summed E-state index contributed by atoms with van der Waals surface area (Å²) in [6, 6.07) is -3.96. The molecular weight excluding hydrogens is 598 g/mol. The van der Waals surface area contributed by atoms with Crippen LogP contribution in [0.4, 0.5) is 0 Å². The number of fused-ring (bicyclic) bond motifs is 2. The Morgan fingerprint density at radius 2 is 1.89 bits per heavy atom. The monoisotopic (exact) mass is 647 g/mol. The highest BCUT2D eigenvalue weighted by Crippen LogP contribution is 2.18. The molecule has 16 nitrogen and oxygen atoms in total. The highest BCUT2D eigenvalue weighted by Gasteiger charge is 2.36. The molecule has 0 aromatic carbocycles. The maximum Gasteiger partial charge on any atom is 0.245 e. The molecule has 256 valence electrons. The lowest BCUT2D eigenvalue weighted by Crippen LogP contribution is -2.59. The van der Waals surface area contributed by atoms with Crippen molar-refractivity contribution in [3.8, 4) is 0 Å². The highest BCUT2D eigenvalue weighted by atomic mass is 16.5. The summed E-state index contributed by atoms with van der Waals surface area (Å²) in [6.07, 6.45) is 5.86. The molecule has 1 aromatic heterocycles. The zero-order valence-electron chi connectivity index (χ0n) is 27.1. The smallest absolute Gasteiger partial charge is 0.245 e. The number of nitrogens with zero attached hydrogens (tertiary/aromatic N) is 4. The van der Waals surface area contributed by atoms with E-state index >= 15 is 0 Å². The van der Waals surface area contributed by atoms with E-state index in [1.807, 2.05) is 20.8 Å². The third kappa shape index (κ3) is 11.1. The fourth-order valence-electron chi connectivity index (χ4n) is 5.50. The molecule has 0 spiro atoms. The van der Waals surface area contributed by atoms with E-state index in [0.717, 1.165) is 6.42 Å². The van der Waals surface area contributed by atoms with Crippen LogP contribution in [0.1, 0.15) is 84.3 Å². The first-order chi connectivity index (χ1) is 22.0. The van der Waals surface area contributed by atoms with E-state index in [2.05, 4.69) is 31.6 Å². The summed E-state index contributed by atoms with van der Waals surface area (Å²) in [5.41, 5.74) is 6.17. The van der Waals surface area contributed by atoms with Crippen LogP contribution in [-0.4, -0.2) is 99.2 Å². The van der Waals surface area contributed by atoms with Gasteiger partial charge >= 0.3 is 0 Å². The van der Waals surface area contributed by atoms with Crippen molar-refractivity contribution in [1.82, 2.24) is 41.2 Å². The number of primary amides is 1. The minimum atomic E-state index is -1.22. The highest BCUT2D eigenvalue weighted by molar-refractivity contribution is 5.96. The van der Waals surface area contributed by atoms with E-state index in [1.165, 1.54) is 11.1 Å². The molecule has 0 bridgehead atoms. The fraction of sp³-hybridized carbons (Fsp3) is 0.733. The molecule has 16 heteroatoms. The molecule has 0 radical (unpaired) electrons. The molecule has 3 heterocycles. The molecule has 1 aromatic rings. The molecule has 2 aliphatic heterocycles. The van der Waals surface area contributed by atoms with E-state index in [0.29, 0.717) is 63.7 Å². The maximum atomic E-state index is 13.6. The molecule has 3 rings (SSSR count). The summed E-state index contributed by atoms with van der Waals surface area (Å²) in [6.45, 7) is 6.08. The molecule has 2 aliphatic rings. The van der Waals surface area contributed by atoms with Gasteiger partial charge in [-0.15, -0.1) is 5.10 Å². The minimum Gasteiger partial charge on any atom is -0.372 e. The van der Waals surface area contributed by atoms with E-state index in [9.17, 15) is 28.8 Å². The predicted molar refractivity (Wildman–Crippen MR) is 165 cm³/mol. The van der Waals surface area contributed by atoms with Gasteiger partial charge in [-0.1, -0.05) is 38.8 Å². The van der Waals surface area contributed by atoms with Crippen molar-refractivity contribution in [2.75, 3.05) is 19.7 Å². The van der Waals surface area contributed by atoms with E-state index in [1.54, 1.807) is 4.68 Å². The van der Waals surface area contributed by atoms with Gasteiger partial charge in [-0.05, 0) is 44.4 Å². The van der Waals surface area contributed by atoms with Crippen molar-refractivity contribution >= 4 is 35.4 Å². The second-order valence-electron chi connectivity index (χ2n) is 12.3. The maximum absolute atomic E-state index is 13.6. The molecule has 1 saturated heterocycles. The van der Waals surface area contributed by atoms with Gasteiger partial charge in [0, 0.05) is 19.5 Å². The van der Waals surface area contributed by atoms with Crippen LogP contribution in [0.3, 0.4) is 0 Å². The molecule has 0 unspecified atom stereocenters. The Balaban J connectivity index is 1.86. The molecule has 1 fully saturated rings. The first kappa shape index (κ1) is 36.4. The lowest BCUT2D eigenvalue weighted by molar-refractivity contribution is -0.140. The Morgan fingerprint density at radius 3 is 2.61 bits per heavy atom. The summed E-state index contributed by atoms with van der Waals surface area (Å²) in [5, 5.41) is 18.8. The fourth-order valence-corrected chi connectivity index (χ4v) is 5.50. The Morgan fingerprint density at radius 1 is 1.11 bits per heavy atom. The number of rotatable bonds is 8. The predicted octanol–water partition coefficient (Wildman–Crippen LogP) is -0.738. The number of amides is 6. The number of unbranched alkanes of at least 4 members (excludes halogenated alkanes) is 1. The first-order valence-corrected chi connectivity index (χ1v) is 16.2. The van der Waals surface area contributed by atoms with Gasteiger partial charge < -0.3 is 36.6 Å². The van der Waals surface area contributed by atoms with Gasteiger partial charge in [-0.2, -0.15) is 0 Å². The summed E-state index contributed by atoms with van der Waals surface area (Å²) < 4.78 is 7.49. The van der Waals surface area contributed by atoms with Crippen molar-refractivity contribution in [1.29, 1.82) is 0 Å². The minimum absolute atomic E-state index is 0.0218. The number of nitrogens with one attached hydrogen (secondary N) is 4. The second kappa shape index (κ2) is 18.2. The van der Waals surface area contributed by atoms with Crippen molar-refractivity contribution in [3.05, 3.63) is 11.9 Å². The molecule has 6 N–H and O–H groups in total. The molecule has 0 aliphatic carbocycles. The van der Waals surface area contributed by atoms with Crippen molar-refractivity contribution in [3.63, 3.8) is 0 Å². The first-order valence-electron chi connectivity index (χ1n) is 16.2. The number of nitrogens with two attached hydrogens (primary N) is 1. The Kier molecular flexibility index (Phi) is 14.4. The largest absolute Gasteiger partial charge is 0.372 e. The SMILES string of the molecule is CCCC[C@@H]1NC(=O)[C@@H]2CCCN2C(=O)CNC(=O)CCCCn2nncc2COC[C@@H](C(=O)N[C@@H](CC(C)C)C(N)=O)NC1=O. The van der Waals surface area contributed by atoms with Crippen LogP contribution in [0.25, 0.3) is 0 Å². The normalized spacial score (nSPS) is 23.3. The summed E-state index contributed by atoms with van der Waals surface area (Å²) >= 11 is 0. The molecule has 0 saturated carbocycles. The average Bonchev–Trinajstić information content (AvgIpc) is 3.68. The number of aromatic nitrogens is 3. The van der Waals surface area contributed by atoms with Crippen molar-refractivity contribution < 1.29 is 33.5 Å². The summed E-state index contributed by atoms with van der Waals surface area (Å²) in [4.78, 5) is 79.4. The van der Waals surface area contributed by atoms with Crippen molar-refractivity contribution in [2.45, 2.75) is 116 Å². The van der Waals surface area contributed by atoms with Crippen LogP contribution in [0.15, 0.2) is 6.20 Å². The standard InChI is InChI=1S/C30H49N9O7/c1-4-5-9-21-28(43)36-23(29(44)35-22(27(31)42)14-19(2)3)18-46-17-20-15-33-37-39(20)13-7-6-11-25(40)32-16-26(41)38-12-8-10-24(38)30(45)34-21/h15,19,21-24H,4-14,16-18H2,1-3H3,(H2,31,42)(H,32,40)(H,34,45)(H,35,44)(H,36,43)/t21-,22-,23-,24-/m0/s1. The van der Waals surface area contributed by atoms with Gasteiger partial charge in [-0.25, -0.2) is 4.68 Å². The van der Waals surface area contributed by atoms with Crippen LogP contribution in [0.2, 0.25) is 0 Å². The zero-order chi connectivity index (χ0) is 33.6. The van der Waals surface area contributed by atoms with Gasteiger partial charge in [0.15, 0.2) is 0 Å². The Hall–Kier alpha value is -4.08. The van der Waals surface area contributed by atoms with E-state index < -0.39 is 47.8 Å². The third-order valence-corrected chi connectivity index (χ3v) is 8.05.